The summed E-state index contributed by atoms with van der Waals surface area (Å²) >= 11 is 0. The van der Waals surface area contributed by atoms with E-state index in [2.05, 4.69) is 10.4 Å². The molecule has 4 rings (SSSR count). The van der Waals surface area contributed by atoms with E-state index < -0.39 is 23.1 Å². The van der Waals surface area contributed by atoms with Crippen LogP contribution in [0.15, 0.2) is 71.8 Å². The molecule has 140 valence electrons. The van der Waals surface area contributed by atoms with E-state index in [1.165, 1.54) is 15.3 Å². The van der Waals surface area contributed by atoms with Crippen LogP contribution in [0.1, 0.15) is 0 Å². The summed E-state index contributed by atoms with van der Waals surface area (Å²) in [4.78, 5) is 24.9. The molecule has 6 nitrogen and oxygen atoms in total. The van der Waals surface area contributed by atoms with Gasteiger partial charge in [-0.25, -0.2) is 13.3 Å². The van der Waals surface area contributed by atoms with Gasteiger partial charge in [0, 0.05) is 24.0 Å². The molecule has 0 aliphatic heterocycles. The van der Waals surface area contributed by atoms with E-state index in [9.17, 15) is 18.4 Å². The molecule has 0 aliphatic rings. The predicted octanol–water partition coefficient (Wildman–Crippen LogP) is 3.08. The van der Waals surface area contributed by atoms with Crippen molar-refractivity contribution in [2.75, 3.05) is 5.32 Å². The SMILES string of the molecule is O=C(Cn1ccn2nc(-c3ccccc3)cc2c1=O)Nc1ccc(F)cc1F. The smallest absolute Gasteiger partial charge is 0.277 e. The molecule has 1 N–H and O–H groups in total. The minimum Gasteiger partial charge on any atom is -0.322 e. The van der Waals surface area contributed by atoms with Crippen LogP contribution in [0.3, 0.4) is 0 Å². The predicted molar refractivity (Wildman–Crippen MR) is 99.9 cm³/mol. The minimum absolute atomic E-state index is 0.156. The maximum absolute atomic E-state index is 13.7. The Morgan fingerprint density at radius 1 is 1.04 bits per heavy atom. The zero-order valence-corrected chi connectivity index (χ0v) is 14.5. The highest BCUT2D eigenvalue weighted by molar-refractivity contribution is 5.90. The fourth-order valence-electron chi connectivity index (χ4n) is 2.84. The molecule has 1 amide bonds. The Balaban J connectivity index is 1.59. The number of nitrogens with zero attached hydrogens (tertiary/aromatic N) is 3. The molecule has 0 aliphatic carbocycles. The Labute approximate surface area is 157 Å². The molecule has 2 aromatic heterocycles. The summed E-state index contributed by atoms with van der Waals surface area (Å²) in [7, 11) is 0. The van der Waals surface area contributed by atoms with Crippen molar-refractivity contribution in [2.45, 2.75) is 6.54 Å². The van der Waals surface area contributed by atoms with E-state index in [4.69, 9.17) is 0 Å². The first kappa shape index (κ1) is 17.6. The third-order valence-electron chi connectivity index (χ3n) is 4.19. The monoisotopic (exact) mass is 380 g/mol. The van der Waals surface area contributed by atoms with Crippen molar-refractivity contribution in [3.63, 3.8) is 0 Å². The second-order valence-electron chi connectivity index (χ2n) is 6.13. The maximum atomic E-state index is 13.7. The molecule has 0 unspecified atom stereocenters. The second-order valence-corrected chi connectivity index (χ2v) is 6.13. The number of benzene rings is 2. The summed E-state index contributed by atoms with van der Waals surface area (Å²) in [6.45, 7) is -0.321. The Morgan fingerprint density at radius 3 is 2.57 bits per heavy atom. The third-order valence-corrected chi connectivity index (χ3v) is 4.19. The normalized spacial score (nSPS) is 10.9. The number of rotatable bonds is 4. The van der Waals surface area contributed by atoms with E-state index in [0.717, 1.165) is 17.7 Å². The fourth-order valence-corrected chi connectivity index (χ4v) is 2.84. The van der Waals surface area contributed by atoms with Crippen LogP contribution in [0.25, 0.3) is 16.8 Å². The zero-order chi connectivity index (χ0) is 19.7. The highest BCUT2D eigenvalue weighted by atomic mass is 19.1. The lowest BCUT2D eigenvalue weighted by Gasteiger charge is -2.08. The van der Waals surface area contributed by atoms with Crippen molar-refractivity contribution in [2.24, 2.45) is 0 Å². The first-order chi connectivity index (χ1) is 13.5. The van der Waals surface area contributed by atoms with E-state index >= 15 is 0 Å². The van der Waals surface area contributed by atoms with Gasteiger partial charge in [-0.1, -0.05) is 30.3 Å². The summed E-state index contributed by atoms with van der Waals surface area (Å²) < 4.78 is 29.3. The third kappa shape index (κ3) is 3.39. The van der Waals surface area contributed by atoms with Crippen molar-refractivity contribution >= 4 is 17.1 Å². The van der Waals surface area contributed by atoms with Crippen molar-refractivity contribution in [3.8, 4) is 11.3 Å². The van der Waals surface area contributed by atoms with Gasteiger partial charge in [-0.15, -0.1) is 0 Å². The molecule has 28 heavy (non-hydrogen) atoms. The number of carbonyl (C=O) groups excluding carboxylic acids is 1. The zero-order valence-electron chi connectivity index (χ0n) is 14.5. The van der Waals surface area contributed by atoms with Gasteiger partial charge in [-0.2, -0.15) is 5.10 Å². The number of nitrogens with one attached hydrogen (secondary N) is 1. The lowest BCUT2D eigenvalue weighted by Crippen LogP contribution is -2.28. The molecule has 0 atom stereocenters. The number of aromatic nitrogens is 3. The quantitative estimate of drug-likeness (QED) is 0.592. The number of hydrogen-bond acceptors (Lipinski definition) is 3. The highest BCUT2D eigenvalue weighted by Gasteiger charge is 2.13. The summed E-state index contributed by atoms with van der Waals surface area (Å²) in [6.07, 6.45) is 2.99. The van der Waals surface area contributed by atoms with Gasteiger partial charge in [0.05, 0.1) is 11.4 Å². The van der Waals surface area contributed by atoms with Crippen molar-refractivity contribution in [1.29, 1.82) is 0 Å². The van der Waals surface area contributed by atoms with E-state index in [1.54, 1.807) is 12.3 Å². The molecule has 2 aromatic carbocycles. The molecule has 0 bridgehead atoms. The molecule has 2 heterocycles. The van der Waals surface area contributed by atoms with Gasteiger partial charge in [0.15, 0.2) is 0 Å². The number of carbonyl (C=O) groups is 1. The molecule has 0 saturated heterocycles. The molecule has 0 spiro atoms. The molecular weight excluding hydrogens is 366 g/mol. The number of halogens is 2. The standard InChI is InChI=1S/C20H14F2N4O2/c21-14-6-7-16(15(22)10-14)23-19(27)12-25-8-9-26-18(20(25)28)11-17(24-26)13-4-2-1-3-5-13/h1-11H,12H2,(H,23,27). The topological polar surface area (TPSA) is 68.4 Å². The van der Waals surface area contributed by atoms with E-state index in [-0.39, 0.29) is 12.2 Å². The second kappa shape index (κ2) is 7.07. The van der Waals surface area contributed by atoms with Crippen molar-refractivity contribution in [3.05, 3.63) is 89.0 Å². The van der Waals surface area contributed by atoms with Crippen LogP contribution < -0.4 is 10.9 Å². The number of hydrogen-bond donors (Lipinski definition) is 1. The Hall–Kier alpha value is -3.81. The summed E-state index contributed by atoms with van der Waals surface area (Å²) in [5.74, 6) is -2.24. The first-order valence-corrected chi connectivity index (χ1v) is 8.40. The number of amides is 1. The van der Waals surface area contributed by atoms with Crippen LogP contribution in [0.5, 0.6) is 0 Å². The van der Waals surface area contributed by atoms with Crippen LogP contribution in [0, 0.1) is 11.6 Å². The molecule has 0 radical (unpaired) electrons. The van der Waals surface area contributed by atoms with Gasteiger partial charge in [-0.05, 0) is 18.2 Å². The van der Waals surface area contributed by atoms with Crippen LogP contribution in [-0.4, -0.2) is 20.1 Å². The van der Waals surface area contributed by atoms with E-state index in [1.807, 2.05) is 30.3 Å². The van der Waals surface area contributed by atoms with Gasteiger partial charge in [0.2, 0.25) is 5.91 Å². The fraction of sp³-hybridized carbons (Fsp3) is 0.0500. The first-order valence-electron chi connectivity index (χ1n) is 8.40. The average molecular weight is 380 g/mol. The summed E-state index contributed by atoms with van der Waals surface area (Å²) in [5, 5.41) is 6.70. The number of anilines is 1. The molecule has 0 saturated carbocycles. The van der Waals surface area contributed by atoms with E-state index in [0.29, 0.717) is 17.3 Å². The average Bonchev–Trinajstić information content (AvgIpc) is 3.12. The van der Waals surface area contributed by atoms with Gasteiger partial charge < -0.3 is 9.88 Å². The van der Waals surface area contributed by atoms with Crippen molar-refractivity contribution in [1.82, 2.24) is 14.2 Å². The Bertz CT molecular complexity index is 1230. The molecule has 0 fully saturated rings. The van der Waals surface area contributed by atoms with Gasteiger partial charge in [0.25, 0.3) is 5.56 Å². The van der Waals surface area contributed by atoms with Crippen LogP contribution in [-0.2, 0) is 11.3 Å². The van der Waals surface area contributed by atoms with Gasteiger partial charge in [-0.3, -0.25) is 9.59 Å². The van der Waals surface area contributed by atoms with Crippen LogP contribution >= 0.6 is 0 Å². The largest absolute Gasteiger partial charge is 0.322 e. The van der Waals surface area contributed by atoms with Crippen molar-refractivity contribution < 1.29 is 13.6 Å². The Kier molecular flexibility index (Phi) is 4.44. The lowest BCUT2D eigenvalue weighted by atomic mass is 10.1. The Morgan fingerprint density at radius 2 is 1.82 bits per heavy atom. The summed E-state index contributed by atoms with van der Waals surface area (Å²) in [5.41, 5.74) is 1.24. The molecule has 8 heteroatoms. The van der Waals surface area contributed by atoms with Crippen LogP contribution in [0.2, 0.25) is 0 Å². The maximum Gasteiger partial charge on any atom is 0.277 e. The number of fused-ring (bicyclic) bond motifs is 1. The summed E-state index contributed by atoms with van der Waals surface area (Å²) in [6, 6.07) is 13.9. The molecule has 4 aromatic rings. The highest BCUT2D eigenvalue weighted by Crippen LogP contribution is 2.18. The van der Waals surface area contributed by atoms with Crippen LogP contribution in [0.4, 0.5) is 14.5 Å². The van der Waals surface area contributed by atoms with Gasteiger partial charge in [0.1, 0.15) is 23.7 Å². The molecular formula is C20H14F2N4O2. The lowest BCUT2D eigenvalue weighted by molar-refractivity contribution is -0.116. The minimum atomic E-state index is -0.889. The van der Waals surface area contributed by atoms with Gasteiger partial charge >= 0.3 is 0 Å².